The van der Waals surface area contributed by atoms with Crippen LogP contribution in [0.1, 0.15) is 12.8 Å². The number of carbonyl (C=O) groups excluding carboxylic acids is 2. The number of benzene rings is 1. The van der Waals surface area contributed by atoms with Crippen LogP contribution in [-0.4, -0.2) is 82.7 Å². The number of hydrogen-bond acceptors (Lipinski definition) is 7. The second-order valence-electron chi connectivity index (χ2n) is 6.69. The molecule has 0 radical (unpaired) electrons. The van der Waals surface area contributed by atoms with E-state index in [1.54, 1.807) is 6.07 Å². The standard InChI is InChI=1S/C18H25N3O7S/c1-26-15-6-5-13(12-16(15)29(24,25)20-8-10-28-11-9-20)19-17(22)14-4-3-7-21(14)18(23)27-2/h5-6,12,14H,3-4,7-11H2,1-2H3,(H,19,22). The van der Waals surface area contributed by atoms with E-state index in [9.17, 15) is 18.0 Å². The highest BCUT2D eigenvalue weighted by atomic mass is 32.2. The van der Waals surface area contributed by atoms with Gasteiger partial charge in [0, 0.05) is 25.3 Å². The van der Waals surface area contributed by atoms with Gasteiger partial charge in [-0.25, -0.2) is 13.2 Å². The molecule has 2 saturated heterocycles. The molecule has 0 bridgehead atoms. The number of rotatable bonds is 5. The molecule has 11 heteroatoms. The van der Waals surface area contributed by atoms with Crippen molar-refractivity contribution in [3.63, 3.8) is 0 Å². The molecule has 0 spiro atoms. The smallest absolute Gasteiger partial charge is 0.410 e. The molecule has 29 heavy (non-hydrogen) atoms. The van der Waals surface area contributed by atoms with Gasteiger partial charge in [0.2, 0.25) is 15.9 Å². The summed E-state index contributed by atoms with van der Waals surface area (Å²) < 4.78 is 42.6. The zero-order chi connectivity index (χ0) is 21.0. The summed E-state index contributed by atoms with van der Waals surface area (Å²) in [6, 6.07) is 3.77. The number of morpholine rings is 1. The van der Waals surface area contributed by atoms with Crippen molar-refractivity contribution in [1.82, 2.24) is 9.21 Å². The van der Waals surface area contributed by atoms with Gasteiger partial charge < -0.3 is 19.5 Å². The van der Waals surface area contributed by atoms with Crippen LogP contribution in [0.25, 0.3) is 0 Å². The number of anilines is 1. The molecular weight excluding hydrogens is 402 g/mol. The van der Waals surface area contributed by atoms with E-state index in [4.69, 9.17) is 14.2 Å². The molecule has 2 fully saturated rings. The summed E-state index contributed by atoms with van der Waals surface area (Å²) in [5.74, 6) is -0.209. The van der Waals surface area contributed by atoms with E-state index in [0.29, 0.717) is 38.3 Å². The average Bonchev–Trinajstić information content (AvgIpc) is 3.24. The largest absolute Gasteiger partial charge is 0.495 e. The fourth-order valence-corrected chi connectivity index (χ4v) is 5.07. The Hall–Kier alpha value is -2.37. The third-order valence-corrected chi connectivity index (χ3v) is 6.90. The quantitative estimate of drug-likeness (QED) is 0.742. The van der Waals surface area contributed by atoms with Gasteiger partial charge in [-0.1, -0.05) is 0 Å². The van der Waals surface area contributed by atoms with Crippen molar-refractivity contribution in [2.75, 3.05) is 52.4 Å². The van der Waals surface area contributed by atoms with E-state index in [2.05, 4.69) is 5.32 Å². The zero-order valence-corrected chi connectivity index (χ0v) is 17.2. The number of carbonyl (C=O) groups is 2. The van der Waals surface area contributed by atoms with Gasteiger partial charge in [-0.05, 0) is 31.0 Å². The van der Waals surface area contributed by atoms with Crippen LogP contribution in [0.5, 0.6) is 5.75 Å². The Labute approximate surface area is 169 Å². The molecule has 10 nitrogen and oxygen atoms in total. The molecule has 1 unspecified atom stereocenters. The SMILES string of the molecule is COC(=O)N1CCCC1C(=O)Nc1ccc(OC)c(S(=O)(=O)N2CCOCC2)c1. The van der Waals surface area contributed by atoms with Crippen molar-refractivity contribution in [3.8, 4) is 5.75 Å². The van der Waals surface area contributed by atoms with Gasteiger partial charge >= 0.3 is 6.09 Å². The first-order valence-corrected chi connectivity index (χ1v) is 10.7. The lowest BCUT2D eigenvalue weighted by atomic mass is 10.2. The Morgan fingerprint density at radius 3 is 2.55 bits per heavy atom. The molecule has 1 aromatic carbocycles. The van der Waals surface area contributed by atoms with Crippen molar-refractivity contribution in [2.45, 2.75) is 23.8 Å². The van der Waals surface area contributed by atoms with Crippen LogP contribution in [0.15, 0.2) is 23.1 Å². The number of methoxy groups -OCH3 is 2. The number of sulfonamides is 1. The van der Waals surface area contributed by atoms with Crippen molar-refractivity contribution in [2.24, 2.45) is 0 Å². The lowest BCUT2D eigenvalue weighted by Crippen LogP contribution is -2.43. The van der Waals surface area contributed by atoms with Gasteiger partial charge in [-0.3, -0.25) is 9.69 Å². The third kappa shape index (κ3) is 4.46. The van der Waals surface area contributed by atoms with Gasteiger partial charge in [0.15, 0.2) is 0 Å². The van der Waals surface area contributed by atoms with Crippen LogP contribution in [0, 0.1) is 0 Å². The van der Waals surface area contributed by atoms with Crippen LogP contribution in [0.4, 0.5) is 10.5 Å². The highest BCUT2D eigenvalue weighted by molar-refractivity contribution is 7.89. The second-order valence-corrected chi connectivity index (χ2v) is 8.60. The van der Waals surface area contributed by atoms with Crippen molar-refractivity contribution in [3.05, 3.63) is 18.2 Å². The molecule has 2 amide bonds. The Kier molecular flexibility index (Phi) is 6.60. The molecule has 2 heterocycles. The molecule has 160 valence electrons. The minimum Gasteiger partial charge on any atom is -0.495 e. The molecule has 0 aromatic heterocycles. The minimum absolute atomic E-state index is 0.0315. The molecule has 0 saturated carbocycles. The lowest BCUT2D eigenvalue weighted by molar-refractivity contribution is -0.119. The predicted molar refractivity (Wildman–Crippen MR) is 103 cm³/mol. The molecular formula is C18H25N3O7S. The Morgan fingerprint density at radius 1 is 1.17 bits per heavy atom. The highest BCUT2D eigenvalue weighted by Crippen LogP contribution is 2.30. The van der Waals surface area contributed by atoms with Gasteiger partial charge in [0.1, 0.15) is 16.7 Å². The van der Waals surface area contributed by atoms with Crippen LogP contribution in [0.3, 0.4) is 0 Å². The number of hydrogen-bond donors (Lipinski definition) is 1. The number of nitrogens with zero attached hydrogens (tertiary/aromatic N) is 2. The van der Waals surface area contributed by atoms with Crippen LogP contribution in [0.2, 0.25) is 0 Å². The Balaban J connectivity index is 1.83. The van der Waals surface area contributed by atoms with Gasteiger partial charge in [-0.2, -0.15) is 4.31 Å². The summed E-state index contributed by atoms with van der Waals surface area (Å²) in [6.07, 6.45) is 0.635. The van der Waals surface area contributed by atoms with Gasteiger partial charge in [0.25, 0.3) is 0 Å². The van der Waals surface area contributed by atoms with Crippen molar-refractivity contribution >= 4 is 27.7 Å². The third-order valence-electron chi connectivity index (χ3n) is 4.98. The first kappa shape index (κ1) is 21.3. The minimum atomic E-state index is -3.82. The second kappa shape index (κ2) is 8.97. The predicted octanol–water partition coefficient (Wildman–Crippen LogP) is 0.885. The Bertz CT molecular complexity index is 868. The first-order valence-electron chi connectivity index (χ1n) is 9.30. The van der Waals surface area contributed by atoms with E-state index in [1.165, 1.54) is 35.6 Å². The monoisotopic (exact) mass is 427 g/mol. The summed E-state index contributed by atoms with van der Waals surface area (Å²) in [7, 11) is -1.16. The first-order chi connectivity index (χ1) is 13.9. The summed E-state index contributed by atoms with van der Waals surface area (Å²) in [4.78, 5) is 25.9. The maximum absolute atomic E-state index is 13.0. The summed E-state index contributed by atoms with van der Waals surface area (Å²) >= 11 is 0. The fraction of sp³-hybridized carbons (Fsp3) is 0.556. The molecule has 0 aliphatic carbocycles. The molecule has 1 aromatic rings. The van der Waals surface area contributed by atoms with E-state index >= 15 is 0 Å². The highest BCUT2D eigenvalue weighted by Gasteiger charge is 2.35. The van der Waals surface area contributed by atoms with Crippen LogP contribution >= 0.6 is 0 Å². The molecule has 1 N–H and O–H groups in total. The maximum atomic E-state index is 13.0. The van der Waals surface area contributed by atoms with Crippen molar-refractivity contribution in [1.29, 1.82) is 0 Å². The average molecular weight is 427 g/mol. The normalized spacial score (nSPS) is 20.3. The van der Waals surface area contributed by atoms with E-state index in [-0.39, 0.29) is 23.7 Å². The number of likely N-dealkylation sites (tertiary alicyclic amines) is 1. The zero-order valence-electron chi connectivity index (χ0n) is 16.4. The van der Waals surface area contributed by atoms with Gasteiger partial charge in [0.05, 0.1) is 27.4 Å². The van der Waals surface area contributed by atoms with Crippen LogP contribution < -0.4 is 10.1 Å². The number of ether oxygens (including phenoxy) is 3. The molecule has 2 aliphatic heterocycles. The molecule has 2 aliphatic rings. The number of nitrogens with one attached hydrogen (secondary N) is 1. The summed E-state index contributed by atoms with van der Waals surface area (Å²) in [5.41, 5.74) is 0.305. The van der Waals surface area contributed by atoms with Crippen molar-refractivity contribution < 1.29 is 32.2 Å². The Morgan fingerprint density at radius 2 is 1.90 bits per heavy atom. The molecule has 1 atom stereocenters. The summed E-state index contributed by atoms with van der Waals surface area (Å²) in [5, 5.41) is 2.71. The van der Waals surface area contributed by atoms with Crippen LogP contribution in [-0.2, 0) is 24.3 Å². The molecule has 3 rings (SSSR count). The maximum Gasteiger partial charge on any atom is 0.410 e. The number of amides is 2. The van der Waals surface area contributed by atoms with E-state index in [1.807, 2.05) is 0 Å². The fourth-order valence-electron chi connectivity index (χ4n) is 3.48. The topological polar surface area (TPSA) is 114 Å². The van der Waals surface area contributed by atoms with Gasteiger partial charge in [-0.15, -0.1) is 0 Å². The lowest BCUT2D eigenvalue weighted by Gasteiger charge is -2.27. The van der Waals surface area contributed by atoms with E-state index < -0.39 is 28.1 Å². The van der Waals surface area contributed by atoms with E-state index in [0.717, 1.165) is 0 Å². The summed E-state index contributed by atoms with van der Waals surface area (Å²) in [6.45, 7) is 1.58.